The molecule has 0 saturated heterocycles. The Hall–Kier alpha value is -2.65. The Morgan fingerprint density at radius 1 is 1.48 bits per heavy atom. The van der Waals surface area contributed by atoms with Crippen molar-refractivity contribution in [1.29, 1.82) is 0 Å². The maximum Gasteiger partial charge on any atom is 0.273 e. The van der Waals surface area contributed by atoms with E-state index in [2.05, 4.69) is 22.3 Å². The summed E-state index contributed by atoms with van der Waals surface area (Å²) >= 11 is 0. The number of aliphatic hydroxyl groups is 1. The Labute approximate surface area is 121 Å². The molecule has 6 heteroatoms. The van der Waals surface area contributed by atoms with Crippen LogP contribution in [0.2, 0.25) is 0 Å². The summed E-state index contributed by atoms with van der Waals surface area (Å²) in [5.74, 6) is 4.20. The Balaban J connectivity index is 2.31. The van der Waals surface area contributed by atoms with Crippen molar-refractivity contribution in [3.05, 3.63) is 47.0 Å². The number of aliphatic hydroxyl groups excluding tert-OH is 1. The molecular weight excluding hydrogens is 273 g/mol. The van der Waals surface area contributed by atoms with Crippen LogP contribution in [0.4, 0.5) is 10.1 Å². The number of amides is 1. The molecule has 2 N–H and O–H groups in total. The van der Waals surface area contributed by atoms with E-state index in [1.165, 1.54) is 22.9 Å². The van der Waals surface area contributed by atoms with Crippen molar-refractivity contribution in [2.75, 3.05) is 11.9 Å². The van der Waals surface area contributed by atoms with E-state index in [1.54, 1.807) is 20.0 Å². The summed E-state index contributed by atoms with van der Waals surface area (Å²) in [6, 6.07) is 5.51. The fourth-order valence-electron chi connectivity index (χ4n) is 1.87. The van der Waals surface area contributed by atoms with Gasteiger partial charge in [0.05, 0.1) is 16.9 Å². The summed E-state index contributed by atoms with van der Waals surface area (Å²) in [5.41, 5.74) is 1.79. The van der Waals surface area contributed by atoms with Gasteiger partial charge in [0.25, 0.3) is 5.91 Å². The molecule has 0 aliphatic rings. The van der Waals surface area contributed by atoms with Crippen molar-refractivity contribution in [2.45, 2.75) is 6.92 Å². The molecule has 2 aromatic rings. The number of hydrogen-bond acceptors (Lipinski definition) is 3. The third-order valence-corrected chi connectivity index (χ3v) is 2.77. The molecule has 0 saturated carbocycles. The number of aryl methyl sites for hydroxylation is 2. The molecule has 2 rings (SSSR count). The number of nitrogens with one attached hydrogen (secondary N) is 1. The summed E-state index contributed by atoms with van der Waals surface area (Å²) in [6.07, 6.45) is 0. The standard InChI is InChI=1S/C15H14FN3O2/c1-10-8-14(19(2)18-10)15(21)17-13-6-5-12(16)9-11(13)4-3-7-20/h5-6,8-9,20H,7H2,1-2H3,(H,17,21). The lowest BCUT2D eigenvalue weighted by Gasteiger charge is -2.07. The quantitative estimate of drug-likeness (QED) is 0.822. The molecule has 0 aliphatic carbocycles. The van der Waals surface area contributed by atoms with E-state index in [1.807, 2.05) is 0 Å². The van der Waals surface area contributed by atoms with Crippen LogP contribution in [0.3, 0.4) is 0 Å². The minimum Gasteiger partial charge on any atom is -0.384 e. The van der Waals surface area contributed by atoms with E-state index >= 15 is 0 Å². The molecule has 1 heterocycles. The predicted octanol–water partition coefficient (Wildman–Crippen LogP) is 1.46. The van der Waals surface area contributed by atoms with Crippen LogP contribution in [0, 0.1) is 24.6 Å². The van der Waals surface area contributed by atoms with Gasteiger partial charge in [0.15, 0.2) is 0 Å². The summed E-state index contributed by atoms with van der Waals surface area (Å²) in [5, 5.41) is 15.5. The molecule has 21 heavy (non-hydrogen) atoms. The molecule has 1 aromatic heterocycles. The molecule has 0 bridgehead atoms. The van der Waals surface area contributed by atoms with Gasteiger partial charge in [-0.2, -0.15) is 5.10 Å². The van der Waals surface area contributed by atoms with Gasteiger partial charge in [-0.15, -0.1) is 0 Å². The summed E-state index contributed by atoms with van der Waals surface area (Å²) in [7, 11) is 1.67. The van der Waals surface area contributed by atoms with Crippen LogP contribution in [0.1, 0.15) is 21.7 Å². The first-order valence-electron chi connectivity index (χ1n) is 6.22. The first-order chi connectivity index (χ1) is 10.0. The first kappa shape index (κ1) is 14.8. The zero-order valence-corrected chi connectivity index (χ0v) is 11.6. The highest BCUT2D eigenvalue weighted by molar-refractivity contribution is 6.03. The number of benzene rings is 1. The molecule has 0 atom stereocenters. The minimum absolute atomic E-state index is 0.302. The number of anilines is 1. The van der Waals surface area contributed by atoms with Gasteiger partial charge in [0.2, 0.25) is 0 Å². The van der Waals surface area contributed by atoms with E-state index in [9.17, 15) is 9.18 Å². The Kier molecular flexibility index (Phi) is 4.36. The number of carbonyl (C=O) groups excluding carboxylic acids is 1. The average molecular weight is 287 g/mol. The number of hydrogen-bond donors (Lipinski definition) is 2. The lowest BCUT2D eigenvalue weighted by Crippen LogP contribution is -2.16. The molecule has 1 aromatic carbocycles. The summed E-state index contributed by atoms with van der Waals surface area (Å²) < 4.78 is 14.7. The van der Waals surface area contributed by atoms with E-state index in [4.69, 9.17) is 5.11 Å². The highest BCUT2D eigenvalue weighted by Crippen LogP contribution is 2.17. The van der Waals surface area contributed by atoms with Crippen molar-refractivity contribution in [1.82, 2.24) is 9.78 Å². The van der Waals surface area contributed by atoms with Crippen LogP contribution in [-0.4, -0.2) is 27.4 Å². The van der Waals surface area contributed by atoms with E-state index in [0.29, 0.717) is 16.9 Å². The van der Waals surface area contributed by atoms with Crippen molar-refractivity contribution in [3.8, 4) is 11.8 Å². The normalized spacial score (nSPS) is 9.90. The van der Waals surface area contributed by atoms with Crippen molar-refractivity contribution in [2.24, 2.45) is 7.05 Å². The van der Waals surface area contributed by atoms with Gasteiger partial charge < -0.3 is 10.4 Å². The van der Waals surface area contributed by atoms with E-state index in [-0.39, 0.29) is 12.5 Å². The van der Waals surface area contributed by atoms with Gasteiger partial charge in [-0.05, 0) is 31.2 Å². The zero-order chi connectivity index (χ0) is 15.4. The topological polar surface area (TPSA) is 67.2 Å². The van der Waals surface area contributed by atoms with Crippen molar-refractivity contribution < 1.29 is 14.3 Å². The number of carbonyl (C=O) groups is 1. The predicted molar refractivity (Wildman–Crippen MR) is 76.3 cm³/mol. The van der Waals surface area contributed by atoms with Gasteiger partial charge in [-0.25, -0.2) is 4.39 Å². The van der Waals surface area contributed by atoms with Crippen LogP contribution in [0.5, 0.6) is 0 Å². The highest BCUT2D eigenvalue weighted by atomic mass is 19.1. The van der Waals surface area contributed by atoms with Crippen LogP contribution in [-0.2, 0) is 7.05 Å². The van der Waals surface area contributed by atoms with Crippen LogP contribution < -0.4 is 5.32 Å². The van der Waals surface area contributed by atoms with Gasteiger partial charge in [0.1, 0.15) is 18.1 Å². The second-order valence-electron chi connectivity index (χ2n) is 4.40. The molecule has 108 valence electrons. The highest BCUT2D eigenvalue weighted by Gasteiger charge is 2.13. The SMILES string of the molecule is Cc1cc(C(=O)Nc2ccc(F)cc2C#CCO)n(C)n1. The maximum absolute atomic E-state index is 13.2. The Morgan fingerprint density at radius 2 is 2.24 bits per heavy atom. The average Bonchev–Trinajstić information content (AvgIpc) is 2.78. The number of nitrogens with zero attached hydrogens (tertiary/aromatic N) is 2. The molecule has 0 unspecified atom stereocenters. The largest absolute Gasteiger partial charge is 0.384 e. The molecule has 5 nitrogen and oxygen atoms in total. The number of aromatic nitrogens is 2. The smallest absolute Gasteiger partial charge is 0.273 e. The maximum atomic E-state index is 13.2. The Bertz CT molecular complexity index is 741. The van der Waals surface area contributed by atoms with Gasteiger partial charge in [-0.1, -0.05) is 11.8 Å². The van der Waals surface area contributed by atoms with Gasteiger partial charge in [-0.3, -0.25) is 9.48 Å². The molecule has 0 radical (unpaired) electrons. The second-order valence-corrected chi connectivity index (χ2v) is 4.40. The van der Waals surface area contributed by atoms with Crippen molar-refractivity contribution in [3.63, 3.8) is 0 Å². The van der Waals surface area contributed by atoms with Crippen LogP contribution in [0.15, 0.2) is 24.3 Å². The molecule has 1 amide bonds. The molecular formula is C15H14FN3O2. The Morgan fingerprint density at radius 3 is 2.86 bits per heavy atom. The third-order valence-electron chi connectivity index (χ3n) is 2.77. The molecule has 0 aliphatic heterocycles. The molecule has 0 spiro atoms. The fourth-order valence-corrected chi connectivity index (χ4v) is 1.87. The summed E-state index contributed by atoms with van der Waals surface area (Å²) in [4.78, 5) is 12.2. The van der Waals surface area contributed by atoms with Crippen LogP contribution in [0.25, 0.3) is 0 Å². The van der Waals surface area contributed by atoms with Crippen LogP contribution >= 0.6 is 0 Å². The minimum atomic E-state index is -0.466. The first-order valence-corrected chi connectivity index (χ1v) is 6.22. The third kappa shape index (κ3) is 3.46. The number of rotatable bonds is 2. The monoisotopic (exact) mass is 287 g/mol. The van der Waals surface area contributed by atoms with E-state index in [0.717, 1.165) is 5.69 Å². The van der Waals surface area contributed by atoms with Gasteiger partial charge in [0, 0.05) is 7.05 Å². The lowest BCUT2D eigenvalue weighted by molar-refractivity contribution is 0.101. The summed E-state index contributed by atoms with van der Waals surface area (Å²) in [6.45, 7) is 1.44. The number of halogens is 1. The van der Waals surface area contributed by atoms with E-state index < -0.39 is 5.82 Å². The second kappa shape index (κ2) is 6.20. The zero-order valence-electron chi connectivity index (χ0n) is 11.6. The lowest BCUT2D eigenvalue weighted by atomic mass is 10.1. The molecule has 0 fully saturated rings. The fraction of sp³-hybridized carbons (Fsp3) is 0.200. The van der Waals surface area contributed by atoms with Gasteiger partial charge >= 0.3 is 0 Å². The van der Waals surface area contributed by atoms with Crippen molar-refractivity contribution >= 4 is 11.6 Å².